The van der Waals surface area contributed by atoms with Crippen molar-refractivity contribution in [3.63, 3.8) is 0 Å². The largest absolute Gasteiger partial charge is 0.478 e. The van der Waals surface area contributed by atoms with Gasteiger partial charge < -0.3 is 5.11 Å². The molecule has 2 aromatic heterocycles. The maximum absolute atomic E-state index is 14.9. The molecule has 32 heavy (non-hydrogen) atoms. The van der Waals surface area contributed by atoms with Gasteiger partial charge in [0.1, 0.15) is 11.4 Å². The van der Waals surface area contributed by atoms with Crippen molar-refractivity contribution in [1.29, 1.82) is 0 Å². The molecule has 2 aromatic carbocycles. The van der Waals surface area contributed by atoms with E-state index in [0.29, 0.717) is 29.8 Å². The second kappa shape index (κ2) is 8.54. The second-order valence-corrected chi connectivity index (χ2v) is 7.38. The second-order valence-electron chi connectivity index (χ2n) is 7.38. The number of aryl methyl sites for hydroxylation is 2. The summed E-state index contributed by atoms with van der Waals surface area (Å²) in [6.45, 7) is 1.32. The Morgan fingerprint density at radius 1 is 1.09 bits per heavy atom. The Morgan fingerprint density at radius 3 is 2.56 bits per heavy atom. The third-order valence-corrected chi connectivity index (χ3v) is 5.15. The zero-order valence-corrected chi connectivity index (χ0v) is 17.5. The number of hydrogen-bond acceptors (Lipinski definition) is 5. The Morgan fingerprint density at radius 2 is 1.88 bits per heavy atom. The Bertz CT molecular complexity index is 1320. The van der Waals surface area contributed by atoms with Crippen molar-refractivity contribution in [2.75, 3.05) is 0 Å². The number of nitrogens with zero attached hydrogens (tertiary/aromatic N) is 5. The lowest BCUT2D eigenvalue weighted by molar-refractivity contribution is 0.0695. The van der Waals surface area contributed by atoms with Gasteiger partial charge in [-0.05, 0) is 43.5 Å². The monoisotopic (exact) mass is 433 g/mol. The van der Waals surface area contributed by atoms with Crippen molar-refractivity contribution in [3.8, 4) is 16.8 Å². The first-order valence-corrected chi connectivity index (χ1v) is 9.91. The van der Waals surface area contributed by atoms with Crippen LogP contribution in [0.15, 0.2) is 54.9 Å². The zero-order chi connectivity index (χ0) is 22.8. The van der Waals surface area contributed by atoms with E-state index in [2.05, 4.69) is 15.4 Å². The van der Waals surface area contributed by atoms with Gasteiger partial charge in [0, 0.05) is 18.8 Å². The standard InChI is InChI=1S/C23H20FN5O3/c1-14(30)18-7-4-8-19(22(18)24)15-5-3-6-17(11-15)29-21(20(12-25-29)23(31)32)10-9-16-13-28(2)27-26-16/h3-8,11-13H,9-10H2,1-2H3,(H,31,32). The third kappa shape index (κ3) is 4.04. The van der Waals surface area contributed by atoms with Crippen molar-refractivity contribution in [1.82, 2.24) is 24.8 Å². The van der Waals surface area contributed by atoms with Crippen LogP contribution in [0.25, 0.3) is 16.8 Å². The molecule has 162 valence electrons. The van der Waals surface area contributed by atoms with Gasteiger partial charge in [0.25, 0.3) is 0 Å². The summed E-state index contributed by atoms with van der Waals surface area (Å²) >= 11 is 0. The van der Waals surface area contributed by atoms with Crippen LogP contribution in [-0.4, -0.2) is 41.6 Å². The number of carbonyl (C=O) groups excluding carboxylic acids is 1. The van der Waals surface area contributed by atoms with E-state index in [1.165, 1.54) is 23.9 Å². The molecular weight excluding hydrogens is 413 g/mol. The highest BCUT2D eigenvalue weighted by molar-refractivity contribution is 5.95. The van der Waals surface area contributed by atoms with Gasteiger partial charge in [0.15, 0.2) is 5.78 Å². The van der Waals surface area contributed by atoms with Crippen molar-refractivity contribution >= 4 is 11.8 Å². The predicted octanol–water partition coefficient (Wildman–Crippen LogP) is 3.49. The molecule has 0 saturated heterocycles. The Balaban J connectivity index is 1.74. The molecule has 9 heteroatoms. The molecule has 0 radical (unpaired) electrons. The molecule has 0 amide bonds. The molecule has 0 unspecified atom stereocenters. The minimum atomic E-state index is -1.08. The number of carboxylic acid groups (broad SMARTS) is 1. The third-order valence-electron chi connectivity index (χ3n) is 5.15. The smallest absolute Gasteiger partial charge is 0.339 e. The first kappa shape index (κ1) is 21.1. The Labute approximate surface area is 182 Å². The molecule has 0 aliphatic carbocycles. The van der Waals surface area contributed by atoms with E-state index in [9.17, 15) is 19.1 Å². The molecule has 8 nitrogen and oxygen atoms in total. The van der Waals surface area contributed by atoms with Crippen molar-refractivity contribution in [2.24, 2.45) is 7.05 Å². The number of halogens is 1. The number of hydrogen-bond donors (Lipinski definition) is 1. The quantitative estimate of drug-likeness (QED) is 0.448. The average molecular weight is 433 g/mol. The van der Waals surface area contributed by atoms with Gasteiger partial charge in [-0.25, -0.2) is 13.9 Å². The normalized spacial score (nSPS) is 11.0. The molecule has 4 aromatic rings. The molecule has 0 fully saturated rings. The lowest BCUT2D eigenvalue weighted by Gasteiger charge is -2.11. The predicted molar refractivity (Wildman–Crippen MR) is 114 cm³/mol. The van der Waals surface area contributed by atoms with E-state index in [1.54, 1.807) is 54.3 Å². The summed E-state index contributed by atoms with van der Waals surface area (Å²) in [7, 11) is 1.76. The summed E-state index contributed by atoms with van der Waals surface area (Å²) in [4.78, 5) is 23.5. The van der Waals surface area contributed by atoms with Gasteiger partial charge in [-0.15, -0.1) is 5.10 Å². The minimum Gasteiger partial charge on any atom is -0.478 e. The van der Waals surface area contributed by atoms with E-state index in [-0.39, 0.29) is 22.5 Å². The van der Waals surface area contributed by atoms with Crippen LogP contribution in [0.5, 0.6) is 0 Å². The highest BCUT2D eigenvalue weighted by atomic mass is 19.1. The highest BCUT2D eigenvalue weighted by Crippen LogP contribution is 2.28. The van der Waals surface area contributed by atoms with E-state index in [1.807, 2.05) is 0 Å². The number of Topliss-reactive ketones (excluding diaryl/α,β-unsaturated/α-hetero) is 1. The number of ketones is 1. The van der Waals surface area contributed by atoms with Gasteiger partial charge in [-0.3, -0.25) is 9.48 Å². The van der Waals surface area contributed by atoms with Crippen LogP contribution in [0.4, 0.5) is 4.39 Å². The van der Waals surface area contributed by atoms with Crippen LogP contribution in [0.3, 0.4) is 0 Å². The van der Waals surface area contributed by atoms with E-state index >= 15 is 0 Å². The Kier molecular flexibility index (Phi) is 5.63. The molecule has 0 aliphatic heterocycles. The summed E-state index contributed by atoms with van der Waals surface area (Å²) in [6.07, 6.45) is 3.93. The van der Waals surface area contributed by atoms with Gasteiger partial charge in [0.2, 0.25) is 0 Å². The first-order chi connectivity index (χ1) is 15.3. The highest BCUT2D eigenvalue weighted by Gasteiger charge is 2.19. The fraction of sp³-hybridized carbons (Fsp3) is 0.174. The average Bonchev–Trinajstić information content (AvgIpc) is 3.38. The molecule has 0 atom stereocenters. The van der Waals surface area contributed by atoms with E-state index < -0.39 is 11.8 Å². The fourth-order valence-electron chi connectivity index (χ4n) is 3.60. The van der Waals surface area contributed by atoms with Crippen molar-refractivity contribution < 1.29 is 19.1 Å². The first-order valence-electron chi connectivity index (χ1n) is 9.91. The van der Waals surface area contributed by atoms with Crippen LogP contribution >= 0.6 is 0 Å². The summed E-state index contributed by atoms with van der Waals surface area (Å²) in [5.74, 6) is -2.03. The van der Waals surface area contributed by atoms with E-state index in [0.717, 1.165) is 5.69 Å². The maximum atomic E-state index is 14.9. The number of benzene rings is 2. The topological polar surface area (TPSA) is 103 Å². The molecule has 0 aliphatic rings. The number of aromatic nitrogens is 5. The van der Waals surface area contributed by atoms with Gasteiger partial charge in [-0.2, -0.15) is 5.10 Å². The minimum absolute atomic E-state index is 0.0183. The summed E-state index contributed by atoms with van der Waals surface area (Å²) < 4.78 is 18.0. The molecule has 0 saturated carbocycles. The molecule has 2 heterocycles. The van der Waals surface area contributed by atoms with Crippen LogP contribution < -0.4 is 0 Å². The van der Waals surface area contributed by atoms with Crippen LogP contribution in [-0.2, 0) is 19.9 Å². The van der Waals surface area contributed by atoms with Gasteiger partial charge in [0.05, 0.1) is 28.8 Å². The zero-order valence-electron chi connectivity index (χ0n) is 17.5. The van der Waals surface area contributed by atoms with Crippen molar-refractivity contribution in [3.05, 3.63) is 83.2 Å². The molecule has 0 spiro atoms. The maximum Gasteiger partial charge on any atom is 0.339 e. The number of carboxylic acids is 1. The van der Waals surface area contributed by atoms with E-state index in [4.69, 9.17) is 0 Å². The number of carbonyl (C=O) groups is 2. The summed E-state index contributed by atoms with van der Waals surface area (Å²) in [5, 5.41) is 21.8. The van der Waals surface area contributed by atoms with Crippen molar-refractivity contribution in [2.45, 2.75) is 19.8 Å². The van der Waals surface area contributed by atoms with Gasteiger partial charge >= 0.3 is 5.97 Å². The molecule has 4 rings (SSSR count). The summed E-state index contributed by atoms with van der Waals surface area (Å²) in [6, 6.07) is 11.6. The summed E-state index contributed by atoms with van der Waals surface area (Å²) in [5.41, 5.74) is 2.75. The lowest BCUT2D eigenvalue weighted by atomic mass is 10.00. The van der Waals surface area contributed by atoms with Crippen LogP contribution in [0, 0.1) is 5.82 Å². The van der Waals surface area contributed by atoms with Gasteiger partial charge in [-0.1, -0.05) is 29.5 Å². The van der Waals surface area contributed by atoms with Crippen LogP contribution in [0.1, 0.15) is 39.0 Å². The molecule has 1 N–H and O–H groups in total. The van der Waals surface area contributed by atoms with Crippen LogP contribution in [0.2, 0.25) is 0 Å². The number of rotatable bonds is 7. The lowest BCUT2D eigenvalue weighted by Crippen LogP contribution is -2.08. The fourth-order valence-corrected chi connectivity index (χ4v) is 3.60. The molecule has 0 bridgehead atoms. The SMILES string of the molecule is CC(=O)c1cccc(-c2cccc(-n3ncc(C(=O)O)c3CCc3cn(C)nn3)c2)c1F. The molecular formula is C23H20FN5O3. The number of aromatic carboxylic acids is 1. The Hall–Kier alpha value is -4.14.